The first-order valence-electron chi connectivity index (χ1n) is 8.99. The van der Waals surface area contributed by atoms with Crippen LogP contribution in [0, 0.1) is 0 Å². The highest BCUT2D eigenvalue weighted by atomic mass is 32.1. The Kier molecular flexibility index (Phi) is 4.90. The van der Waals surface area contributed by atoms with E-state index in [1.807, 2.05) is 42.6 Å². The van der Waals surface area contributed by atoms with Crippen molar-refractivity contribution in [3.63, 3.8) is 0 Å². The summed E-state index contributed by atoms with van der Waals surface area (Å²) < 4.78 is 5.55. The van der Waals surface area contributed by atoms with Gasteiger partial charge in [0.2, 0.25) is 0 Å². The van der Waals surface area contributed by atoms with Gasteiger partial charge in [0, 0.05) is 34.5 Å². The maximum atomic E-state index is 13.0. The Morgan fingerprint density at radius 1 is 1.30 bits per heavy atom. The van der Waals surface area contributed by atoms with Gasteiger partial charge in [0.25, 0.3) is 0 Å². The number of carbonyl (C=O) groups excluding carboxylic acids is 2. The number of allylic oxidation sites excluding steroid dienone is 3. The van der Waals surface area contributed by atoms with Crippen molar-refractivity contribution in [1.29, 1.82) is 0 Å². The van der Waals surface area contributed by atoms with Crippen LogP contribution in [0.15, 0.2) is 64.4 Å². The number of thiophene rings is 1. The fraction of sp³-hybridized carbons (Fsp3) is 0.286. The first-order valence-corrected chi connectivity index (χ1v) is 9.87. The molecule has 2 aromatic heterocycles. The lowest BCUT2D eigenvalue weighted by Crippen LogP contribution is -2.34. The van der Waals surface area contributed by atoms with Crippen LogP contribution in [0.5, 0.6) is 0 Å². The fourth-order valence-electron chi connectivity index (χ4n) is 3.69. The molecule has 6 heteroatoms. The number of Topliss-reactive ketones (excluding diaryl/α,β-unsaturated/α-hetero) is 1. The highest BCUT2D eigenvalue weighted by Gasteiger charge is 2.39. The quantitative estimate of drug-likeness (QED) is 0.816. The molecular weight excluding hydrogens is 360 g/mol. The van der Waals surface area contributed by atoms with Crippen LogP contribution < -0.4 is 5.32 Å². The molecule has 0 amide bonds. The molecule has 0 saturated heterocycles. The summed E-state index contributed by atoms with van der Waals surface area (Å²) in [6.07, 6.45) is 3.87. The number of carbonyl (C=O) groups is 2. The summed E-state index contributed by atoms with van der Waals surface area (Å²) in [7, 11) is 0. The van der Waals surface area contributed by atoms with Crippen LogP contribution in [0.1, 0.15) is 42.7 Å². The van der Waals surface area contributed by atoms with E-state index in [9.17, 15) is 9.59 Å². The first kappa shape index (κ1) is 17.7. The van der Waals surface area contributed by atoms with Crippen LogP contribution >= 0.6 is 11.3 Å². The number of esters is 1. The Bertz CT molecular complexity index is 930. The minimum atomic E-state index is -0.408. The second-order valence-corrected chi connectivity index (χ2v) is 7.66. The van der Waals surface area contributed by atoms with E-state index in [0.717, 1.165) is 34.7 Å². The highest BCUT2D eigenvalue weighted by molar-refractivity contribution is 7.10. The number of ether oxygens (including phenoxy) is 1. The zero-order valence-electron chi connectivity index (χ0n) is 15.0. The molecule has 0 saturated carbocycles. The van der Waals surface area contributed by atoms with Gasteiger partial charge in [0.1, 0.15) is 6.61 Å². The van der Waals surface area contributed by atoms with Crippen LogP contribution in [0.2, 0.25) is 0 Å². The summed E-state index contributed by atoms with van der Waals surface area (Å²) in [6, 6.07) is 9.41. The van der Waals surface area contributed by atoms with Crippen molar-refractivity contribution in [2.45, 2.75) is 38.7 Å². The number of dihydropyridines is 1. The molecule has 138 valence electrons. The van der Waals surface area contributed by atoms with Crippen molar-refractivity contribution >= 4 is 23.1 Å². The molecule has 27 heavy (non-hydrogen) atoms. The Labute approximate surface area is 161 Å². The number of nitrogens with zero attached hydrogens (tertiary/aromatic N) is 1. The van der Waals surface area contributed by atoms with Gasteiger partial charge in [-0.2, -0.15) is 0 Å². The molecule has 1 atom stereocenters. The highest BCUT2D eigenvalue weighted by Crippen LogP contribution is 2.43. The lowest BCUT2D eigenvalue weighted by atomic mass is 9.78. The average Bonchev–Trinajstić information content (AvgIpc) is 3.20. The second-order valence-electron chi connectivity index (χ2n) is 6.68. The third-order valence-electron chi connectivity index (χ3n) is 4.90. The smallest absolute Gasteiger partial charge is 0.337 e. The fourth-order valence-corrected chi connectivity index (χ4v) is 4.54. The minimum Gasteiger partial charge on any atom is -0.456 e. The van der Waals surface area contributed by atoms with Gasteiger partial charge >= 0.3 is 5.97 Å². The molecule has 0 bridgehead atoms. The lowest BCUT2D eigenvalue weighted by Gasteiger charge is -2.33. The molecule has 0 fully saturated rings. The van der Waals surface area contributed by atoms with Crippen LogP contribution in [0.3, 0.4) is 0 Å². The number of aromatic nitrogens is 1. The topological polar surface area (TPSA) is 68.3 Å². The van der Waals surface area contributed by atoms with E-state index >= 15 is 0 Å². The van der Waals surface area contributed by atoms with Gasteiger partial charge in [0.05, 0.1) is 17.2 Å². The molecule has 2 aliphatic rings. The molecule has 2 aromatic rings. The molecule has 5 nitrogen and oxygen atoms in total. The monoisotopic (exact) mass is 380 g/mol. The average molecular weight is 380 g/mol. The predicted molar refractivity (Wildman–Crippen MR) is 103 cm³/mol. The molecule has 1 N–H and O–H groups in total. The van der Waals surface area contributed by atoms with Gasteiger partial charge in [-0.05, 0) is 43.3 Å². The van der Waals surface area contributed by atoms with Gasteiger partial charge in [-0.3, -0.25) is 9.78 Å². The zero-order chi connectivity index (χ0) is 18.8. The van der Waals surface area contributed by atoms with E-state index in [-0.39, 0.29) is 18.3 Å². The zero-order valence-corrected chi connectivity index (χ0v) is 15.8. The Balaban J connectivity index is 1.67. The van der Waals surface area contributed by atoms with E-state index in [1.165, 1.54) is 0 Å². The lowest BCUT2D eigenvalue weighted by molar-refractivity contribution is -0.140. The van der Waals surface area contributed by atoms with Crippen LogP contribution in [-0.4, -0.2) is 16.7 Å². The Morgan fingerprint density at radius 2 is 2.19 bits per heavy atom. The van der Waals surface area contributed by atoms with Gasteiger partial charge in [-0.25, -0.2) is 4.79 Å². The standard InChI is InChI=1S/C21H20N2O3S/c1-13-18(21(25)26-12-14-6-2-3-10-22-14)20(17-9-5-11-27-17)19-15(23-13)7-4-8-16(19)24/h2-3,5-6,9-11,20,23H,4,7-8,12H2,1H3. The SMILES string of the molecule is CC1=C(C(=O)OCc2ccccn2)C(c2cccs2)C2=C(CCCC2=O)N1. The summed E-state index contributed by atoms with van der Waals surface area (Å²) in [5, 5.41) is 5.27. The van der Waals surface area contributed by atoms with Crippen molar-refractivity contribution in [2.24, 2.45) is 0 Å². The number of hydrogen-bond donors (Lipinski definition) is 1. The third-order valence-corrected chi connectivity index (χ3v) is 5.84. The molecule has 3 heterocycles. The summed E-state index contributed by atoms with van der Waals surface area (Å²) in [6.45, 7) is 1.98. The first-order chi connectivity index (χ1) is 13.1. The van der Waals surface area contributed by atoms with Crippen molar-refractivity contribution < 1.29 is 14.3 Å². The van der Waals surface area contributed by atoms with Crippen molar-refractivity contribution in [2.75, 3.05) is 0 Å². The largest absolute Gasteiger partial charge is 0.456 e. The number of rotatable bonds is 4. The van der Waals surface area contributed by atoms with E-state index in [0.29, 0.717) is 17.7 Å². The van der Waals surface area contributed by atoms with E-state index in [4.69, 9.17) is 4.74 Å². The molecule has 1 aliphatic heterocycles. The minimum absolute atomic E-state index is 0.105. The van der Waals surface area contributed by atoms with Gasteiger partial charge in [-0.1, -0.05) is 12.1 Å². The number of ketones is 1. The molecule has 1 unspecified atom stereocenters. The molecule has 0 spiro atoms. The molecular formula is C21H20N2O3S. The van der Waals surface area contributed by atoms with Crippen molar-refractivity contribution in [3.8, 4) is 0 Å². The van der Waals surface area contributed by atoms with Crippen LogP contribution in [0.4, 0.5) is 0 Å². The molecule has 0 aromatic carbocycles. The number of pyridine rings is 1. The maximum absolute atomic E-state index is 13.0. The second kappa shape index (κ2) is 7.48. The van der Waals surface area contributed by atoms with E-state index < -0.39 is 5.97 Å². The van der Waals surface area contributed by atoms with Crippen LogP contribution in [-0.2, 0) is 20.9 Å². The summed E-state index contributed by atoms with van der Waals surface area (Å²) in [4.78, 5) is 30.9. The summed E-state index contributed by atoms with van der Waals surface area (Å²) in [5.74, 6) is -0.649. The Hall–Kier alpha value is -2.73. The van der Waals surface area contributed by atoms with Crippen LogP contribution in [0.25, 0.3) is 0 Å². The predicted octanol–water partition coefficient (Wildman–Crippen LogP) is 3.85. The van der Waals surface area contributed by atoms with E-state index in [2.05, 4.69) is 10.3 Å². The van der Waals surface area contributed by atoms with Gasteiger partial charge < -0.3 is 10.1 Å². The van der Waals surface area contributed by atoms with Gasteiger partial charge in [-0.15, -0.1) is 11.3 Å². The molecule has 4 rings (SSSR count). The third kappa shape index (κ3) is 3.45. The molecule has 1 aliphatic carbocycles. The normalized spacial score (nSPS) is 19.6. The summed E-state index contributed by atoms with van der Waals surface area (Å²) in [5.41, 5.74) is 3.63. The number of nitrogens with one attached hydrogen (secondary N) is 1. The van der Waals surface area contributed by atoms with Gasteiger partial charge in [0.15, 0.2) is 5.78 Å². The molecule has 0 radical (unpaired) electrons. The summed E-state index contributed by atoms with van der Waals surface area (Å²) >= 11 is 1.56. The van der Waals surface area contributed by atoms with Crippen molar-refractivity contribution in [3.05, 3.63) is 75.0 Å². The Morgan fingerprint density at radius 3 is 2.93 bits per heavy atom. The van der Waals surface area contributed by atoms with E-state index in [1.54, 1.807) is 17.5 Å². The maximum Gasteiger partial charge on any atom is 0.337 e. The van der Waals surface area contributed by atoms with Crippen molar-refractivity contribution in [1.82, 2.24) is 10.3 Å². The number of hydrogen-bond acceptors (Lipinski definition) is 6.